The fourth-order valence-electron chi connectivity index (χ4n) is 8.53. The highest BCUT2D eigenvalue weighted by molar-refractivity contribution is 6.07. The second-order valence-corrected chi connectivity index (χ2v) is 13.4. The number of hydrogen-bond donors (Lipinski definition) is 1. The number of carbonyl (C=O) groups excluding carboxylic acids is 5. The second kappa shape index (κ2) is 14.3. The summed E-state index contributed by atoms with van der Waals surface area (Å²) in [5.74, 6) is -0.367. The monoisotopic (exact) mass is 633 g/mol. The number of esters is 2. The Kier molecular flexibility index (Phi) is 10.5. The maximum absolute atomic E-state index is 13.4. The Hall–Kier alpha value is -3.75. The van der Waals surface area contributed by atoms with Gasteiger partial charge in [-0.2, -0.15) is 0 Å². The van der Waals surface area contributed by atoms with Crippen molar-refractivity contribution in [1.29, 1.82) is 0 Å². The zero-order valence-corrected chi connectivity index (χ0v) is 27.4. The van der Waals surface area contributed by atoms with E-state index in [2.05, 4.69) is 12.2 Å². The van der Waals surface area contributed by atoms with Gasteiger partial charge >= 0.3 is 18.0 Å². The highest BCUT2D eigenvalue weighted by atomic mass is 16.6. The number of fused-ring (bicyclic) bond motifs is 4. The number of amides is 1. The fourth-order valence-corrected chi connectivity index (χ4v) is 8.53. The third-order valence-electron chi connectivity index (χ3n) is 10.7. The van der Waals surface area contributed by atoms with Crippen molar-refractivity contribution < 1.29 is 38.2 Å². The third-order valence-corrected chi connectivity index (χ3v) is 10.7. The first kappa shape index (κ1) is 33.6. The molecule has 1 aromatic carbocycles. The lowest BCUT2D eigenvalue weighted by Gasteiger charge is -2.50. The first-order valence-corrected chi connectivity index (χ1v) is 17.0. The molecule has 0 bridgehead atoms. The topological polar surface area (TPSA) is 125 Å². The summed E-state index contributed by atoms with van der Waals surface area (Å²) in [7, 11) is 0. The van der Waals surface area contributed by atoms with Crippen LogP contribution in [0.1, 0.15) is 97.0 Å². The van der Waals surface area contributed by atoms with E-state index in [-0.39, 0.29) is 43.4 Å². The molecule has 0 unspecified atom stereocenters. The molecule has 0 heterocycles. The van der Waals surface area contributed by atoms with Crippen LogP contribution in [0.2, 0.25) is 0 Å². The van der Waals surface area contributed by atoms with Gasteiger partial charge in [0.25, 0.3) is 0 Å². The van der Waals surface area contributed by atoms with Crippen molar-refractivity contribution in [1.82, 2.24) is 5.32 Å². The van der Waals surface area contributed by atoms with E-state index < -0.39 is 23.6 Å². The van der Waals surface area contributed by atoms with Crippen LogP contribution < -0.4 is 5.32 Å². The standard InChI is InChI=1S/C37H47NO8/c1-4-44-33(41)37(34(42)45-5-2,38-35(43)46-23-24-11-7-6-8-12-24)20-10-9-13-26-22-36(3)30(18-19-31(36)40)29-16-14-25-21-27(39)15-17-28(25)32(26)29/h6-8,11-12,21,26,29-30H,4-5,9-10,13-20,22-23H2,1-3H3,(H,38,43)/t26-,29-,30-,36-/m0/s1. The molecular formula is C37H47NO8. The number of carbonyl (C=O) groups is 5. The number of hydrogen-bond acceptors (Lipinski definition) is 8. The lowest BCUT2D eigenvalue weighted by molar-refractivity contribution is -0.166. The average molecular weight is 634 g/mol. The third kappa shape index (κ3) is 6.69. The summed E-state index contributed by atoms with van der Waals surface area (Å²) in [6, 6.07) is 9.11. The Bertz CT molecular complexity index is 1390. The molecule has 2 fully saturated rings. The molecule has 248 valence electrons. The SMILES string of the molecule is CCOC(=O)C(CCCC[C@H]1C[C@]2(C)C(=O)CC[C@H]2[C@@H]2CCC3=CC(=O)CCC3=C12)(NC(=O)OCc1ccccc1)C(=O)OCC. The minimum atomic E-state index is -2.06. The molecule has 0 spiro atoms. The van der Waals surface area contributed by atoms with Gasteiger partial charge in [-0.1, -0.05) is 49.2 Å². The normalized spacial score (nSPS) is 25.5. The van der Waals surface area contributed by atoms with E-state index in [1.807, 2.05) is 24.3 Å². The molecule has 0 aromatic heterocycles. The van der Waals surface area contributed by atoms with Crippen molar-refractivity contribution in [2.75, 3.05) is 13.2 Å². The van der Waals surface area contributed by atoms with Crippen molar-refractivity contribution in [2.45, 2.75) is 104 Å². The van der Waals surface area contributed by atoms with Crippen LogP contribution in [0, 0.1) is 23.2 Å². The fraction of sp³-hybridized carbons (Fsp3) is 0.595. The van der Waals surface area contributed by atoms with Crippen LogP contribution in [0.25, 0.3) is 0 Å². The number of unbranched alkanes of at least 4 members (excludes halogenated alkanes) is 1. The number of ether oxygens (including phenoxy) is 3. The van der Waals surface area contributed by atoms with Crippen molar-refractivity contribution in [3.63, 3.8) is 0 Å². The van der Waals surface area contributed by atoms with Gasteiger partial charge in [0.15, 0.2) is 5.78 Å². The molecule has 4 atom stereocenters. The van der Waals surface area contributed by atoms with Gasteiger partial charge in [0.2, 0.25) is 5.54 Å². The van der Waals surface area contributed by atoms with E-state index in [1.165, 1.54) is 16.7 Å². The Labute approximate surface area is 271 Å². The van der Waals surface area contributed by atoms with Crippen molar-refractivity contribution >= 4 is 29.6 Å². The van der Waals surface area contributed by atoms with Crippen LogP contribution in [0.15, 0.2) is 53.1 Å². The number of Topliss-reactive ketones (excluding diaryl/α,β-unsaturated/α-hetero) is 1. The summed E-state index contributed by atoms with van der Waals surface area (Å²) in [5, 5.41) is 2.53. The number of alkyl carbamates (subject to hydrolysis) is 1. The number of benzene rings is 1. The van der Waals surface area contributed by atoms with Crippen LogP contribution >= 0.6 is 0 Å². The molecule has 9 nitrogen and oxygen atoms in total. The Balaban J connectivity index is 1.35. The molecule has 0 saturated heterocycles. The number of nitrogens with one attached hydrogen (secondary N) is 1. The zero-order chi connectivity index (χ0) is 32.9. The van der Waals surface area contributed by atoms with Gasteiger partial charge in [-0.15, -0.1) is 0 Å². The molecule has 4 aliphatic carbocycles. The molecule has 46 heavy (non-hydrogen) atoms. The quantitative estimate of drug-likeness (QED) is 0.122. The summed E-state index contributed by atoms with van der Waals surface area (Å²) in [6.45, 7) is 5.43. The van der Waals surface area contributed by atoms with Crippen LogP contribution in [-0.4, -0.2) is 48.4 Å². The minimum absolute atomic E-state index is 0.0211. The van der Waals surface area contributed by atoms with Crippen molar-refractivity contribution in [2.24, 2.45) is 23.2 Å². The Morgan fingerprint density at radius 3 is 2.33 bits per heavy atom. The molecule has 0 aliphatic heterocycles. The molecular weight excluding hydrogens is 586 g/mol. The van der Waals surface area contributed by atoms with E-state index >= 15 is 0 Å². The van der Waals surface area contributed by atoms with E-state index in [9.17, 15) is 24.0 Å². The lowest BCUT2D eigenvalue weighted by Crippen LogP contribution is -2.61. The van der Waals surface area contributed by atoms with E-state index in [4.69, 9.17) is 14.2 Å². The summed E-state index contributed by atoms with van der Waals surface area (Å²) in [6.07, 6.45) is 8.21. The molecule has 1 aromatic rings. The van der Waals surface area contributed by atoms with E-state index in [0.717, 1.165) is 44.1 Å². The van der Waals surface area contributed by atoms with Crippen LogP contribution in [0.4, 0.5) is 4.79 Å². The molecule has 5 rings (SSSR count). The number of ketones is 2. The van der Waals surface area contributed by atoms with Gasteiger partial charge in [0.1, 0.15) is 12.4 Å². The van der Waals surface area contributed by atoms with Crippen molar-refractivity contribution in [3.8, 4) is 0 Å². The van der Waals surface area contributed by atoms with Crippen LogP contribution in [-0.2, 0) is 40.0 Å². The first-order chi connectivity index (χ1) is 22.1. The molecule has 9 heteroatoms. The lowest BCUT2D eigenvalue weighted by atomic mass is 9.53. The highest BCUT2D eigenvalue weighted by Gasteiger charge is 2.56. The maximum atomic E-state index is 13.4. The first-order valence-electron chi connectivity index (χ1n) is 17.0. The van der Waals surface area contributed by atoms with Gasteiger partial charge in [-0.25, -0.2) is 14.4 Å². The summed E-state index contributed by atoms with van der Waals surface area (Å²) in [4.78, 5) is 65.3. The van der Waals surface area contributed by atoms with E-state index in [0.29, 0.717) is 43.3 Å². The number of rotatable bonds is 12. The second-order valence-electron chi connectivity index (χ2n) is 13.4. The zero-order valence-electron chi connectivity index (χ0n) is 27.4. The van der Waals surface area contributed by atoms with Gasteiger partial charge in [0.05, 0.1) is 13.2 Å². The highest BCUT2D eigenvalue weighted by Crippen LogP contribution is 2.61. The van der Waals surface area contributed by atoms with Gasteiger partial charge in [-0.3, -0.25) is 14.9 Å². The van der Waals surface area contributed by atoms with Gasteiger partial charge in [0, 0.05) is 18.3 Å². The molecule has 1 amide bonds. The van der Waals surface area contributed by atoms with Crippen LogP contribution in [0.5, 0.6) is 0 Å². The number of allylic oxidation sites excluding steroid dienone is 4. The Morgan fingerprint density at radius 1 is 0.913 bits per heavy atom. The average Bonchev–Trinajstić information content (AvgIpc) is 3.35. The van der Waals surface area contributed by atoms with Crippen molar-refractivity contribution in [3.05, 3.63) is 58.7 Å². The Morgan fingerprint density at radius 2 is 1.63 bits per heavy atom. The van der Waals surface area contributed by atoms with E-state index in [1.54, 1.807) is 26.0 Å². The molecule has 2 saturated carbocycles. The van der Waals surface area contributed by atoms with Gasteiger partial charge in [-0.05, 0) is 106 Å². The molecule has 1 N–H and O–H groups in total. The molecule has 0 radical (unpaired) electrons. The van der Waals surface area contributed by atoms with Gasteiger partial charge < -0.3 is 14.2 Å². The summed E-state index contributed by atoms with van der Waals surface area (Å²) in [5.41, 5.74) is 2.29. The minimum Gasteiger partial charge on any atom is -0.464 e. The van der Waals surface area contributed by atoms with Crippen LogP contribution in [0.3, 0.4) is 0 Å². The summed E-state index contributed by atoms with van der Waals surface area (Å²) < 4.78 is 16.0. The smallest absolute Gasteiger partial charge is 0.408 e. The largest absolute Gasteiger partial charge is 0.464 e. The predicted octanol–water partition coefficient (Wildman–Crippen LogP) is 6.34. The summed E-state index contributed by atoms with van der Waals surface area (Å²) >= 11 is 0. The molecule has 4 aliphatic rings. The predicted molar refractivity (Wildman–Crippen MR) is 170 cm³/mol. The maximum Gasteiger partial charge on any atom is 0.408 e.